The van der Waals surface area contributed by atoms with Gasteiger partial charge in [-0.3, -0.25) is 0 Å². The first-order valence-electron chi connectivity index (χ1n) is 8.10. The maximum Gasteiger partial charge on any atom is 0.240 e. The number of benzene rings is 2. The molecule has 0 unspecified atom stereocenters. The maximum atomic E-state index is 13.3. The summed E-state index contributed by atoms with van der Waals surface area (Å²) in [6, 6.07) is 8.53. The summed E-state index contributed by atoms with van der Waals surface area (Å²) in [4.78, 5) is -0.154. The predicted octanol–water partition coefficient (Wildman–Crippen LogP) is 2.99. The van der Waals surface area contributed by atoms with Crippen LogP contribution in [0.25, 0.3) is 0 Å². The van der Waals surface area contributed by atoms with Crippen molar-refractivity contribution >= 4 is 21.6 Å². The summed E-state index contributed by atoms with van der Waals surface area (Å²) in [5.41, 5.74) is 0.294. The third kappa shape index (κ3) is 3.71. The third-order valence-electron chi connectivity index (χ3n) is 4.61. The number of sulfonamides is 1. The molecule has 0 fully saturated rings. The fourth-order valence-corrected chi connectivity index (χ4v) is 4.55. The van der Waals surface area contributed by atoms with Gasteiger partial charge in [0.25, 0.3) is 0 Å². The van der Waals surface area contributed by atoms with Gasteiger partial charge in [0.15, 0.2) is 0 Å². The first-order valence-corrected chi connectivity index (χ1v) is 9.96. The largest absolute Gasteiger partial charge is 0.497 e. The van der Waals surface area contributed by atoms with Crippen molar-refractivity contribution in [1.82, 2.24) is 4.72 Å². The Morgan fingerprint density at radius 1 is 1.31 bits per heavy atom. The van der Waals surface area contributed by atoms with Crippen LogP contribution in [0.2, 0.25) is 5.02 Å². The fourth-order valence-electron chi connectivity index (χ4n) is 3.19. The van der Waals surface area contributed by atoms with Gasteiger partial charge in [-0.15, -0.1) is 0 Å². The Bertz CT molecular complexity index is 935. The molecule has 0 aliphatic heterocycles. The standard InChI is InChI=1S/C18H19ClFNO4S/c1-25-13-4-6-15-12(9-13)3-2-8-18(15,22)11-21-26(23,24)14-5-7-17(20)16(19)10-14/h4-7,9-10,21-22H,2-3,8,11H2,1H3/t18-/m0/s1. The highest BCUT2D eigenvalue weighted by Gasteiger charge is 2.35. The molecule has 0 saturated carbocycles. The second kappa shape index (κ2) is 7.15. The highest BCUT2D eigenvalue weighted by Crippen LogP contribution is 2.37. The van der Waals surface area contributed by atoms with Crippen LogP contribution >= 0.6 is 11.6 Å². The van der Waals surface area contributed by atoms with Gasteiger partial charge in [0.05, 0.1) is 17.0 Å². The van der Waals surface area contributed by atoms with Crippen molar-refractivity contribution in [1.29, 1.82) is 0 Å². The molecule has 140 valence electrons. The highest BCUT2D eigenvalue weighted by molar-refractivity contribution is 7.89. The van der Waals surface area contributed by atoms with E-state index < -0.39 is 21.4 Å². The minimum absolute atomic E-state index is 0.154. The molecule has 26 heavy (non-hydrogen) atoms. The molecular weight excluding hydrogens is 381 g/mol. The summed E-state index contributed by atoms with van der Waals surface area (Å²) in [7, 11) is -2.37. The smallest absolute Gasteiger partial charge is 0.240 e. The molecule has 2 N–H and O–H groups in total. The lowest BCUT2D eigenvalue weighted by Gasteiger charge is -2.34. The lowest BCUT2D eigenvalue weighted by Crippen LogP contribution is -2.42. The van der Waals surface area contributed by atoms with Crippen molar-refractivity contribution in [3.63, 3.8) is 0 Å². The molecule has 5 nitrogen and oxygen atoms in total. The zero-order valence-electron chi connectivity index (χ0n) is 14.1. The summed E-state index contributed by atoms with van der Waals surface area (Å²) in [6.45, 7) is -0.191. The van der Waals surface area contributed by atoms with Crippen LogP contribution in [-0.4, -0.2) is 27.2 Å². The number of hydrogen-bond acceptors (Lipinski definition) is 4. The Hall–Kier alpha value is -1.67. The van der Waals surface area contributed by atoms with Gasteiger partial charge in [0, 0.05) is 6.54 Å². The molecule has 3 rings (SSSR count). The predicted molar refractivity (Wildman–Crippen MR) is 96.4 cm³/mol. The van der Waals surface area contributed by atoms with Crippen molar-refractivity contribution in [2.24, 2.45) is 0 Å². The van der Waals surface area contributed by atoms with Crippen molar-refractivity contribution in [3.8, 4) is 5.75 Å². The van der Waals surface area contributed by atoms with Gasteiger partial charge in [-0.2, -0.15) is 0 Å². The van der Waals surface area contributed by atoms with Gasteiger partial charge in [-0.25, -0.2) is 17.5 Å². The van der Waals surface area contributed by atoms with Crippen LogP contribution in [0.1, 0.15) is 24.0 Å². The number of hydrogen-bond donors (Lipinski definition) is 2. The molecule has 0 heterocycles. The average molecular weight is 400 g/mol. The van der Waals surface area contributed by atoms with E-state index in [9.17, 15) is 17.9 Å². The van der Waals surface area contributed by atoms with Crippen LogP contribution in [0.5, 0.6) is 5.75 Å². The average Bonchev–Trinajstić information content (AvgIpc) is 2.62. The Morgan fingerprint density at radius 2 is 2.08 bits per heavy atom. The van der Waals surface area contributed by atoms with Crippen LogP contribution in [-0.2, 0) is 22.0 Å². The van der Waals surface area contributed by atoms with Gasteiger partial charge in [-0.1, -0.05) is 17.7 Å². The zero-order valence-corrected chi connectivity index (χ0v) is 15.7. The number of ether oxygens (including phenoxy) is 1. The van der Waals surface area contributed by atoms with Crippen LogP contribution < -0.4 is 9.46 Å². The molecule has 0 saturated heterocycles. The third-order valence-corrected chi connectivity index (χ3v) is 6.29. The molecule has 2 aromatic carbocycles. The highest BCUT2D eigenvalue weighted by atomic mass is 35.5. The van der Waals surface area contributed by atoms with Gasteiger partial charge in [-0.05, 0) is 60.7 Å². The quantitative estimate of drug-likeness (QED) is 0.810. The second-order valence-corrected chi connectivity index (χ2v) is 8.48. The van der Waals surface area contributed by atoms with Crippen molar-refractivity contribution in [2.45, 2.75) is 29.8 Å². The van der Waals surface area contributed by atoms with Crippen molar-refractivity contribution < 1.29 is 22.7 Å². The molecular formula is C18H19ClFNO4S. The monoisotopic (exact) mass is 399 g/mol. The number of aryl methyl sites for hydroxylation is 1. The maximum absolute atomic E-state index is 13.3. The van der Waals surface area contributed by atoms with E-state index in [1.165, 1.54) is 0 Å². The van der Waals surface area contributed by atoms with E-state index in [1.807, 2.05) is 6.07 Å². The van der Waals surface area contributed by atoms with Gasteiger partial charge in [0.1, 0.15) is 17.2 Å². The molecule has 0 aromatic heterocycles. The Labute approximate surface area is 156 Å². The van der Waals surface area contributed by atoms with Crippen molar-refractivity contribution in [3.05, 3.63) is 58.4 Å². The summed E-state index contributed by atoms with van der Waals surface area (Å²) in [6.07, 6.45) is 1.94. The lowest BCUT2D eigenvalue weighted by molar-refractivity contribution is 0.0242. The number of aliphatic hydroxyl groups is 1. The minimum Gasteiger partial charge on any atom is -0.497 e. The SMILES string of the molecule is COc1ccc2c(c1)CCC[C@]2(O)CNS(=O)(=O)c1ccc(F)c(Cl)c1. The van der Waals surface area contributed by atoms with Gasteiger partial charge in [0.2, 0.25) is 10.0 Å². The fraction of sp³-hybridized carbons (Fsp3) is 0.333. The normalized spacial score (nSPS) is 19.8. The number of methoxy groups -OCH3 is 1. The molecule has 1 aliphatic rings. The zero-order chi connectivity index (χ0) is 18.9. The Kier molecular flexibility index (Phi) is 5.25. The molecule has 1 atom stereocenters. The van der Waals surface area contributed by atoms with E-state index in [4.69, 9.17) is 16.3 Å². The van der Waals surface area contributed by atoms with Crippen LogP contribution in [0.3, 0.4) is 0 Å². The first kappa shape index (κ1) is 19.1. The lowest BCUT2D eigenvalue weighted by atomic mass is 9.79. The molecule has 0 bridgehead atoms. The molecule has 1 aliphatic carbocycles. The van der Waals surface area contributed by atoms with Crippen LogP contribution in [0.15, 0.2) is 41.3 Å². The van der Waals surface area contributed by atoms with E-state index in [1.54, 1.807) is 19.2 Å². The summed E-state index contributed by atoms with van der Waals surface area (Å²) in [5, 5.41) is 10.8. The number of halogens is 2. The van der Waals surface area contributed by atoms with Crippen LogP contribution in [0.4, 0.5) is 4.39 Å². The first-order chi connectivity index (χ1) is 12.2. The molecule has 0 spiro atoms. The molecule has 2 aromatic rings. The Balaban J connectivity index is 1.84. The van der Waals surface area contributed by atoms with E-state index in [-0.39, 0.29) is 16.5 Å². The van der Waals surface area contributed by atoms with Gasteiger partial charge >= 0.3 is 0 Å². The molecule has 8 heteroatoms. The van der Waals surface area contributed by atoms with Crippen LogP contribution in [0, 0.1) is 5.82 Å². The van der Waals surface area contributed by atoms with E-state index in [0.29, 0.717) is 17.7 Å². The van der Waals surface area contributed by atoms with E-state index in [2.05, 4.69) is 4.72 Å². The second-order valence-electron chi connectivity index (χ2n) is 6.31. The number of fused-ring (bicyclic) bond motifs is 1. The minimum atomic E-state index is -3.94. The van der Waals surface area contributed by atoms with Crippen molar-refractivity contribution in [2.75, 3.05) is 13.7 Å². The number of rotatable bonds is 5. The molecule has 0 radical (unpaired) electrons. The van der Waals surface area contributed by atoms with Gasteiger partial charge < -0.3 is 9.84 Å². The Morgan fingerprint density at radius 3 is 2.77 bits per heavy atom. The topological polar surface area (TPSA) is 75.6 Å². The summed E-state index contributed by atoms with van der Waals surface area (Å²) < 4.78 is 45.8. The molecule has 0 amide bonds. The van der Waals surface area contributed by atoms with E-state index in [0.717, 1.165) is 36.6 Å². The van der Waals surface area contributed by atoms with E-state index >= 15 is 0 Å². The number of nitrogens with one attached hydrogen (secondary N) is 1. The summed E-state index contributed by atoms with van der Waals surface area (Å²) >= 11 is 5.66. The summed E-state index contributed by atoms with van der Waals surface area (Å²) in [5.74, 6) is -0.00562.